The summed E-state index contributed by atoms with van der Waals surface area (Å²) in [7, 11) is 3.25. The number of anilines is 2. The summed E-state index contributed by atoms with van der Waals surface area (Å²) in [6.07, 6.45) is 0. The number of nitrogens with one attached hydrogen (secondary N) is 3. The Morgan fingerprint density at radius 2 is 1.57 bits per heavy atom. The van der Waals surface area contributed by atoms with E-state index in [-0.39, 0.29) is 36.9 Å². The highest BCUT2D eigenvalue weighted by atomic mass is 16.5. The quantitative estimate of drug-likeness (QED) is 0.587. The van der Waals surface area contributed by atoms with Gasteiger partial charge in [-0.15, -0.1) is 0 Å². The minimum atomic E-state index is -0.347. The van der Waals surface area contributed by atoms with E-state index in [1.165, 1.54) is 0 Å². The van der Waals surface area contributed by atoms with E-state index < -0.39 is 0 Å². The van der Waals surface area contributed by atoms with Crippen LogP contribution >= 0.6 is 0 Å². The number of carbonyl (C=O) groups is 3. The number of ether oxygens (including phenoxy) is 1. The standard InChI is InChI=1S/C22H28N4O4/c1-15(2)23-20(27)13-26(3)14-21(28)25-19-8-6-5-7-18(19)22(29)24-16-9-11-17(30-4)12-10-16/h5-12,15H,13-14H2,1-4H3,(H,23,27)(H,24,29)(H,25,28). The first-order valence-corrected chi connectivity index (χ1v) is 9.60. The highest BCUT2D eigenvalue weighted by Gasteiger charge is 2.16. The molecule has 8 nitrogen and oxygen atoms in total. The second-order valence-corrected chi connectivity index (χ2v) is 7.17. The van der Waals surface area contributed by atoms with Crippen LogP contribution in [-0.4, -0.2) is 55.9 Å². The van der Waals surface area contributed by atoms with Crippen LogP contribution in [0.3, 0.4) is 0 Å². The SMILES string of the molecule is COc1ccc(NC(=O)c2ccccc2NC(=O)CN(C)CC(=O)NC(C)C)cc1. The van der Waals surface area contributed by atoms with E-state index in [9.17, 15) is 14.4 Å². The van der Waals surface area contributed by atoms with Gasteiger partial charge >= 0.3 is 0 Å². The zero-order chi connectivity index (χ0) is 22.1. The summed E-state index contributed by atoms with van der Waals surface area (Å²) < 4.78 is 5.11. The highest BCUT2D eigenvalue weighted by molar-refractivity contribution is 6.10. The molecule has 30 heavy (non-hydrogen) atoms. The van der Waals surface area contributed by atoms with Crippen molar-refractivity contribution in [2.45, 2.75) is 19.9 Å². The Bertz CT molecular complexity index is 881. The maximum atomic E-state index is 12.7. The van der Waals surface area contributed by atoms with Crippen molar-refractivity contribution in [1.82, 2.24) is 10.2 Å². The Morgan fingerprint density at radius 3 is 2.20 bits per heavy atom. The summed E-state index contributed by atoms with van der Waals surface area (Å²) in [5.74, 6) is -0.133. The first kappa shape index (κ1) is 22.9. The monoisotopic (exact) mass is 412 g/mol. The average molecular weight is 412 g/mol. The molecule has 160 valence electrons. The summed E-state index contributed by atoms with van der Waals surface area (Å²) in [4.78, 5) is 38.5. The molecule has 2 aromatic carbocycles. The van der Waals surface area contributed by atoms with E-state index in [1.54, 1.807) is 67.6 Å². The largest absolute Gasteiger partial charge is 0.497 e. The lowest BCUT2D eigenvalue weighted by Crippen LogP contribution is -2.41. The lowest BCUT2D eigenvalue weighted by atomic mass is 10.1. The van der Waals surface area contributed by atoms with Gasteiger partial charge in [-0.1, -0.05) is 12.1 Å². The molecule has 0 saturated carbocycles. The fourth-order valence-corrected chi connectivity index (χ4v) is 2.77. The number of nitrogens with zero attached hydrogens (tertiary/aromatic N) is 1. The molecule has 2 rings (SSSR count). The third kappa shape index (κ3) is 7.21. The molecule has 3 N–H and O–H groups in total. The van der Waals surface area contributed by atoms with Gasteiger partial charge in [-0.3, -0.25) is 19.3 Å². The Balaban J connectivity index is 1.99. The normalized spacial score (nSPS) is 10.6. The number of para-hydroxylation sites is 1. The molecular formula is C22H28N4O4. The van der Waals surface area contributed by atoms with Gasteiger partial charge in [0.25, 0.3) is 5.91 Å². The number of hydrogen-bond donors (Lipinski definition) is 3. The van der Waals surface area contributed by atoms with Crippen LogP contribution in [0.4, 0.5) is 11.4 Å². The summed E-state index contributed by atoms with van der Waals surface area (Å²) in [5, 5.41) is 8.32. The fraction of sp³-hybridized carbons (Fsp3) is 0.318. The van der Waals surface area contributed by atoms with Gasteiger partial charge in [-0.25, -0.2) is 0 Å². The predicted octanol–water partition coefficient (Wildman–Crippen LogP) is 2.34. The number of hydrogen-bond acceptors (Lipinski definition) is 5. The van der Waals surface area contributed by atoms with Crippen LogP contribution in [-0.2, 0) is 9.59 Å². The molecule has 3 amide bonds. The maximum Gasteiger partial charge on any atom is 0.257 e. The van der Waals surface area contributed by atoms with E-state index in [0.29, 0.717) is 22.7 Å². The van der Waals surface area contributed by atoms with Crippen molar-refractivity contribution in [3.8, 4) is 5.75 Å². The van der Waals surface area contributed by atoms with Crippen molar-refractivity contribution in [1.29, 1.82) is 0 Å². The Hall–Kier alpha value is -3.39. The van der Waals surface area contributed by atoms with Crippen LogP contribution in [0.25, 0.3) is 0 Å². The molecule has 2 aromatic rings. The number of carbonyl (C=O) groups excluding carboxylic acids is 3. The minimum absolute atomic E-state index is 0.0138. The molecule has 0 radical (unpaired) electrons. The zero-order valence-electron chi connectivity index (χ0n) is 17.7. The molecular weight excluding hydrogens is 384 g/mol. The van der Waals surface area contributed by atoms with E-state index in [1.807, 2.05) is 13.8 Å². The second-order valence-electron chi connectivity index (χ2n) is 7.17. The molecule has 0 bridgehead atoms. The minimum Gasteiger partial charge on any atom is -0.497 e. The molecule has 0 spiro atoms. The molecule has 0 aliphatic carbocycles. The van der Waals surface area contributed by atoms with Crippen LogP contribution in [0.1, 0.15) is 24.2 Å². The van der Waals surface area contributed by atoms with Crippen molar-refractivity contribution < 1.29 is 19.1 Å². The third-order valence-electron chi connectivity index (χ3n) is 4.07. The van der Waals surface area contributed by atoms with Crippen molar-refractivity contribution in [3.63, 3.8) is 0 Å². The predicted molar refractivity (Wildman–Crippen MR) is 117 cm³/mol. The number of methoxy groups -OCH3 is 1. The maximum absolute atomic E-state index is 12.7. The zero-order valence-corrected chi connectivity index (χ0v) is 17.7. The Morgan fingerprint density at radius 1 is 0.933 bits per heavy atom. The molecule has 0 aromatic heterocycles. The van der Waals surface area contributed by atoms with Gasteiger partial charge in [-0.05, 0) is 57.3 Å². The molecule has 0 unspecified atom stereocenters. The smallest absolute Gasteiger partial charge is 0.257 e. The molecule has 0 aliphatic rings. The number of likely N-dealkylation sites (N-methyl/N-ethyl adjacent to an activating group) is 1. The van der Waals surface area contributed by atoms with Gasteiger partial charge in [0.15, 0.2) is 0 Å². The van der Waals surface area contributed by atoms with E-state index in [2.05, 4.69) is 16.0 Å². The molecule has 0 saturated heterocycles. The van der Waals surface area contributed by atoms with Crippen LogP contribution < -0.4 is 20.7 Å². The van der Waals surface area contributed by atoms with Crippen molar-refractivity contribution in [2.75, 3.05) is 37.9 Å². The summed E-state index contributed by atoms with van der Waals surface area (Å²) >= 11 is 0. The van der Waals surface area contributed by atoms with Crippen molar-refractivity contribution >= 4 is 29.1 Å². The van der Waals surface area contributed by atoms with Gasteiger partial charge < -0.3 is 20.7 Å². The van der Waals surface area contributed by atoms with Gasteiger partial charge in [0.05, 0.1) is 31.5 Å². The van der Waals surface area contributed by atoms with Crippen LogP contribution in [0.5, 0.6) is 5.75 Å². The summed E-state index contributed by atoms with van der Waals surface area (Å²) in [6.45, 7) is 3.86. The average Bonchev–Trinajstić information content (AvgIpc) is 2.67. The summed E-state index contributed by atoms with van der Waals surface area (Å²) in [5.41, 5.74) is 1.34. The summed E-state index contributed by atoms with van der Waals surface area (Å²) in [6, 6.07) is 13.7. The van der Waals surface area contributed by atoms with Gasteiger partial charge in [-0.2, -0.15) is 0 Å². The van der Waals surface area contributed by atoms with Gasteiger partial charge in [0, 0.05) is 11.7 Å². The number of benzene rings is 2. The molecule has 0 fully saturated rings. The highest BCUT2D eigenvalue weighted by Crippen LogP contribution is 2.19. The topological polar surface area (TPSA) is 99.8 Å². The molecule has 8 heteroatoms. The number of rotatable bonds is 9. The van der Waals surface area contributed by atoms with E-state index in [4.69, 9.17) is 4.74 Å². The van der Waals surface area contributed by atoms with Crippen molar-refractivity contribution in [2.24, 2.45) is 0 Å². The Kier molecular flexibility index (Phi) is 8.37. The second kappa shape index (κ2) is 11.0. The van der Waals surface area contributed by atoms with Gasteiger partial charge in [0.1, 0.15) is 5.75 Å². The first-order chi connectivity index (χ1) is 14.3. The van der Waals surface area contributed by atoms with E-state index >= 15 is 0 Å². The molecule has 0 atom stereocenters. The van der Waals surface area contributed by atoms with Crippen LogP contribution in [0.15, 0.2) is 48.5 Å². The fourth-order valence-electron chi connectivity index (χ4n) is 2.77. The number of amides is 3. The van der Waals surface area contributed by atoms with Crippen LogP contribution in [0.2, 0.25) is 0 Å². The molecule has 0 heterocycles. The van der Waals surface area contributed by atoms with Crippen molar-refractivity contribution in [3.05, 3.63) is 54.1 Å². The lowest BCUT2D eigenvalue weighted by molar-refractivity contribution is -0.123. The first-order valence-electron chi connectivity index (χ1n) is 9.60. The molecule has 0 aliphatic heterocycles. The lowest BCUT2D eigenvalue weighted by Gasteiger charge is -2.18. The van der Waals surface area contributed by atoms with Gasteiger partial charge in [0.2, 0.25) is 11.8 Å². The van der Waals surface area contributed by atoms with Crippen LogP contribution in [0, 0.1) is 0 Å². The van der Waals surface area contributed by atoms with E-state index in [0.717, 1.165) is 0 Å². The Labute approximate surface area is 176 Å². The third-order valence-corrected chi connectivity index (χ3v) is 4.07.